The molecule has 0 aromatic heterocycles. The van der Waals surface area contributed by atoms with Crippen LogP contribution in [0.1, 0.15) is 6.42 Å². The Morgan fingerprint density at radius 1 is 1.40 bits per heavy atom. The smallest absolute Gasteiger partial charge is 0.227 e. The zero-order valence-corrected chi connectivity index (χ0v) is 12.3. The molecule has 1 N–H and O–H groups in total. The van der Waals surface area contributed by atoms with Crippen LogP contribution in [-0.4, -0.2) is 44.1 Å². The molecule has 1 aromatic rings. The molecule has 1 aliphatic rings. The van der Waals surface area contributed by atoms with E-state index < -0.39 is 0 Å². The van der Waals surface area contributed by atoms with Gasteiger partial charge in [0, 0.05) is 26.7 Å². The van der Waals surface area contributed by atoms with E-state index in [1.54, 1.807) is 17.0 Å². The number of nitrogens with one attached hydrogen (secondary N) is 1. The Kier molecular flexibility index (Phi) is 6.75. The molecule has 1 heterocycles. The van der Waals surface area contributed by atoms with Crippen molar-refractivity contribution in [2.75, 3.05) is 33.3 Å². The lowest BCUT2D eigenvalue weighted by atomic mass is 10.0. The lowest BCUT2D eigenvalue weighted by molar-refractivity contribution is -0.135. The van der Waals surface area contributed by atoms with Crippen LogP contribution in [0.25, 0.3) is 0 Å². The number of halogens is 2. The van der Waals surface area contributed by atoms with Gasteiger partial charge in [-0.2, -0.15) is 0 Å². The number of hydrogen-bond acceptors (Lipinski definition) is 3. The van der Waals surface area contributed by atoms with Crippen molar-refractivity contribution >= 4 is 18.3 Å². The fourth-order valence-electron chi connectivity index (χ4n) is 1.91. The van der Waals surface area contributed by atoms with Crippen molar-refractivity contribution in [2.45, 2.75) is 6.42 Å². The van der Waals surface area contributed by atoms with Gasteiger partial charge in [-0.05, 0) is 30.7 Å². The van der Waals surface area contributed by atoms with E-state index in [1.165, 1.54) is 12.1 Å². The molecule has 4 nitrogen and oxygen atoms in total. The molecule has 1 saturated heterocycles. The fourth-order valence-corrected chi connectivity index (χ4v) is 1.91. The Balaban J connectivity index is 0.00000200. The maximum absolute atomic E-state index is 12.7. The van der Waals surface area contributed by atoms with Gasteiger partial charge < -0.3 is 15.0 Å². The third kappa shape index (κ3) is 4.65. The molecule has 112 valence electrons. The summed E-state index contributed by atoms with van der Waals surface area (Å²) < 4.78 is 18.2. The minimum atomic E-state index is -0.271. The van der Waals surface area contributed by atoms with E-state index in [0.29, 0.717) is 18.9 Å². The van der Waals surface area contributed by atoms with E-state index in [9.17, 15) is 9.18 Å². The summed E-state index contributed by atoms with van der Waals surface area (Å²) in [5, 5.41) is 3.09. The highest BCUT2D eigenvalue weighted by atomic mass is 35.5. The van der Waals surface area contributed by atoms with Crippen LogP contribution in [0.4, 0.5) is 4.39 Å². The van der Waals surface area contributed by atoms with Gasteiger partial charge in [0.2, 0.25) is 5.91 Å². The molecule has 1 aromatic carbocycles. The summed E-state index contributed by atoms with van der Waals surface area (Å²) in [6.07, 6.45) is 0.764. The maximum Gasteiger partial charge on any atom is 0.227 e. The van der Waals surface area contributed by atoms with Gasteiger partial charge in [0.05, 0.1) is 12.5 Å². The first-order valence-corrected chi connectivity index (χ1v) is 6.51. The Morgan fingerprint density at radius 2 is 2.05 bits per heavy atom. The van der Waals surface area contributed by atoms with Crippen LogP contribution in [0.2, 0.25) is 0 Å². The SMILES string of the molecule is CN(CCCOc1ccc(F)cc1)C(=O)C1CNC1.Cl. The zero-order valence-electron chi connectivity index (χ0n) is 11.5. The van der Waals surface area contributed by atoms with Crippen LogP contribution in [0.5, 0.6) is 5.75 Å². The van der Waals surface area contributed by atoms with Crippen LogP contribution >= 0.6 is 12.4 Å². The highest BCUT2D eigenvalue weighted by molar-refractivity contribution is 5.85. The molecule has 1 fully saturated rings. The molecule has 2 rings (SSSR count). The van der Waals surface area contributed by atoms with E-state index in [4.69, 9.17) is 4.74 Å². The average Bonchev–Trinajstić information content (AvgIpc) is 2.34. The van der Waals surface area contributed by atoms with Gasteiger partial charge in [0.15, 0.2) is 0 Å². The number of carbonyl (C=O) groups excluding carboxylic acids is 1. The first-order chi connectivity index (χ1) is 9.16. The zero-order chi connectivity index (χ0) is 13.7. The maximum atomic E-state index is 12.7. The van der Waals surface area contributed by atoms with Gasteiger partial charge in [-0.25, -0.2) is 4.39 Å². The van der Waals surface area contributed by atoms with Gasteiger partial charge in [-0.1, -0.05) is 0 Å². The molecule has 6 heteroatoms. The Labute approximate surface area is 124 Å². The summed E-state index contributed by atoms with van der Waals surface area (Å²) >= 11 is 0. The van der Waals surface area contributed by atoms with Crippen LogP contribution in [0, 0.1) is 11.7 Å². The van der Waals surface area contributed by atoms with Gasteiger partial charge in [-0.15, -0.1) is 12.4 Å². The van der Waals surface area contributed by atoms with Crippen LogP contribution in [-0.2, 0) is 4.79 Å². The number of nitrogens with zero attached hydrogens (tertiary/aromatic N) is 1. The summed E-state index contributed by atoms with van der Waals surface area (Å²) in [6, 6.07) is 5.94. The molecule has 1 amide bonds. The average molecular weight is 303 g/mol. The molecule has 0 bridgehead atoms. The van der Waals surface area contributed by atoms with E-state index in [1.807, 2.05) is 7.05 Å². The van der Waals surface area contributed by atoms with Crippen molar-refractivity contribution in [3.63, 3.8) is 0 Å². The molecule has 0 aliphatic carbocycles. The summed E-state index contributed by atoms with van der Waals surface area (Å²) in [6.45, 7) is 2.77. The number of benzene rings is 1. The molecule has 0 radical (unpaired) electrons. The summed E-state index contributed by atoms with van der Waals surface area (Å²) in [5.41, 5.74) is 0. The minimum Gasteiger partial charge on any atom is -0.494 e. The molecule has 0 atom stereocenters. The van der Waals surface area contributed by atoms with Gasteiger partial charge >= 0.3 is 0 Å². The molecule has 0 saturated carbocycles. The second-order valence-electron chi connectivity index (χ2n) is 4.77. The molecule has 0 unspecified atom stereocenters. The second kappa shape index (κ2) is 8.07. The Bertz CT molecular complexity index is 424. The standard InChI is InChI=1S/C14H19FN2O2.ClH/c1-17(14(18)11-9-16-10-11)7-2-8-19-13-5-3-12(15)4-6-13;/h3-6,11,16H,2,7-10H2,1H3;1H. The van der Waals surface area contributed by atoms with E-state index >= 15 is 0 Å². The van der Waals surface area contributed by atoms with E-state index in [0.717, 1.165) is 19.5 Å². The first-order valence-electron chi connectivity index (χ1n) is 6.51. The lowest BCUT2D eigenvalue weighted by Gasteiger charge is -2.30. The summed E-state index contributed by atoms with van der Waals surface area (Å²) in [5.74, 6) is 0.717. The largest absolute Gasteiger partial charge is 0.494 e. The summed E-state index contributed by atoms with van der Waals surface area (Å²) in [7, 11) is 1.82. The van der Waals surface area contributed by atoms with E-state index in [-0.39, 0.29) is 30.0 Å². The number of rotatable bonds is 6. The molecular formula is C14H20ClFN2O2. The van der Waals surface area contributed by atoms with Gasteiger partial charge in [0.25, 0.3) is 0 Å². The number of carbonyl (C=O) groups is 1. The lowest BCUT2D eigenvalue weighted by Crippen LogP contribution is -2.51. The second-order valence-corrected chi connectivity index (χ2v) is 4.77. The molecule has 0 spiro atoms. The van der Waals surface area contributed by atoms with Crippen molar-refractivity contribution in [1.29, 1.82) is 0 Å². The normalized spacial score (nSPS) is 14.1. The first kappa shape index (κ1) is 16.7. The van der Waals surface area contributed by atoms with Crippen molar-refractivity contribution in [3.8, 4) is 5.75 Å². The Morgan fingerprint density at radius 3 is 2.60 bits per heavy atom. The van der Waals surface area contributed by atoms with Crippen molar-refractivity contribution < 1.29 is 13.9 Å². The van der Waals surface area contributed by atoms with Gasteiger partial charge in [-0.3, -0.25) is 4.79 Å². The quantitative estimate of drug-likeness (QED) is 0.813. The van der Waals surface area contributed by atoms with Crippen molar-refractivity contribution in [2.24, 2.45) is 5.92 Å². The van der Waals surface area contributed by atoms with Crippen molar-refractivity contribution in [3.05, 3.63) is 30.1 Å². The van der Waals surface area contributed by atoms with Crippen LogP contribution in [0.15, 0.2) is 24.3 Å². The van der Waals surface area contributed by atoms with Crippen molar-refractivity contribution in [1.82, 2.24) is 10.2 Å². The third-order valence-corrected chi connectivity index (χ3v) is 3.23. The summed E-state index contributed by atoms with van der Waals surface area (Å²) in [4.78, 5) is 13.6. The third-order valence-electron chi connectivity index (χ3n) is 3.23. The Hall–Kier alpha value is -1.33. The topological polar surface area (TPSA) is 41.6 Å². The number of hydrogen-bond donors (Lipinski definition) is 1. The highest BCUT2D eigenvalue weighted by Crippen LogP contribution is 2.11. The van der Waals surface area contributed by atoms with Gasteiger partial charge in [0.1, 0.15) is 11.6 Å². The molecule has 1 aliphatic heterocycles. The highest BCUT2D eigenvalue weighted by Gasteiger charge is 2.27. The predicted molar refractivity (Wildman–Crippen MR) is 77.8 cm³/mol. The van der Waals surface area contributed by atoms with Crippen LogP contribution < -0.4 is 10.1 Å². The predicted octanol–water partition coefficient (Wildman–Crippen LogP) is 1.69. The fraction of sp³-hybridized carbons (Fsp3) is 0.500. The number of ether oxygens (including phenoxy) is 1. The minimum absolute atomic E-state index is 0. The molecular weight excluding hydrogens is 283 g/mol. The number of amides is 1. The van der Waals surface area contributed by atoms with Crippen LogP contribution in [0.3, 0.4) is 0 Å². The van der Waals surface area contributed by atoms with E-state index in [2.05, 4.69) is 5.32 Å². The molecule has 20 heavy (non-hydrogen) atoms. The monoisotopic (exact) mass is 302 g/mol.